The molecule has 0 aromatic heterocycles. The van der Waals surface area contributed by atoms with E-state index in [9.17, 15) is 9.59 Å². The smallest absolute Gasteiger partial charge is 0.409 e. The largest absolute Gasteiger partial charge is 0.478 e. The van der Waals surface area contributed by atoms with Crippen molar-refractivity contribution in [2.24, 2.45) is 5.41 Å². The van der Waals surface area contributed by atoms with Crippen LogP contribution in [0.4, 0.5) is 4.79 Å². The van der Waals surface area contributed by atoms with Crippen molar-refractivity contribution in [3.63, 3.8) is 0 Å². The number of nitrogens with zero attached hydrogens (tertiary/aromatic N) is 1. The van der Waals surface area contributed by atoms with Crippen molar-refractivity contribution in [1.29, 1.82) is 0 Å². The Hall–Kier alpha value is -3.08. The van der Waals surface area contributed by atoms with Gasteiger partial charge in [0.2, 0.25) is 0 Å². The SMILES string of the molecule is O=C(O)C1=CC2(CCN(C(=O)OCC3c4ccccc4-c4ccccc43)CC2)C1. The molecular formula is C24H23NO4. The average Bonchev–Trinajstić information content (AvgIpc) is 3.04. The van der Waals surface area contributed by atoms with Crippen molar-refractivity contribution in [3.8, 4) is 11.1 Å². The first-order valence-corrected chi connectivity index (χ1v) is 10.1. The molecule has 0 bridgehead atoms. The molecule has 0 unspecified atom stereocenters. The third-order valence-corrected chi connectivity index (χ3v) is 6.65. The van der Waals surface area contributed by atoms with Crippen molar-refractivity contribution in [3.05, 3.63) is 71.3 Å². The fraction of sp³-hybridized carbons (Fsp3) is 0.333. The predicted molar refractivity (Wildman–Crippen MR) is 109 cm³/mol. The van der Waals surface area contributed by atoms with Gasteiger partial charge in [-0.2, -0.15) is 0 Å². The van der Waals surface area contributed by atoms with Gasteiger partial charge in [-0.1, -0.05) is 54.6 Å². The summed E-state index contributed by atoms with van der Waals surface area (Å²) in [4.78, 5) is 25.4. The fourth-order valence-corrected chi connectivity index (χ4v) is 5.00. The number of carbonyl (C=O) groups is 2. The van der Waals surface area contributed by atoms with Gasteiger partial charge in [-0.3, -0.25) is 0 Å². The first-order chi connectivity index (χ1) is 14.1. The molecule has 29 heavy (non-hydrogen) atoms. The Morgan fingerprint density at radius 3 is 2.10 bits per heavy atom. The monoisotopic (exact) mass is 389 g/mol. The molecule has 5 heteroatoms. The molecule has 1 heterocycles. The van der Waals surface area contributed by atoms with E-state index < -0.39 is 5.97 Å². The predicted octanol–water partition coefficient (Wildman–Crippen LogP) is 4.43. The maximum absolute atomic E-state index is 12.7. The van der Waals surface area contributed by atoms with E-state index in [4.69, 9.17) is 9.84 Å². The van der Waals surface area contributed by atoms with E-state index in [0.717, 1.165) is 12.8 Å². The van der Waals surface area contributed by atoms with Crippen molar-refractivity contribution in [2.75, 3.05) is 19.7 Å². The number of carbonyl (C=O) groups excluding carboxylic acids is 1. The number of allylic oxidation sites excluding steroid dienone is 1. The number of fused-ring (bicyclic) bond motifs is 3. The molecule has 1 N–H and O–H groups in total. The number of rotatable bonds is 3. The number of carboxylic acids is 1. The van der Waals surface area contributed by atoms with Gasteiger partial charge in [0.25, 0.3) is 0 Å². The number of hydrogen-bond donors (Lipinski definition) is 1. The minimum absolute atomic E-state index is 0.0339. The van der Waals surface area contributed by atoms with Crippen LogP contribution in [0.5, 0.6) is 0 Å². The molecule has 5 rings (SSSR count). The standard InChI is InChI=1S/C24H23NO4/c26-22(27)16-13-24(14-16)9-11-25(12-10-24)23(28)29-15-21-19-7-3-1-5-17(19)18-6-2-4-8-20(18)21/h1-8,13,21H,9-12,14-15H2,(H,26,27). The normalized spacial score (nSPS) is 19.2. The Labute approximate surface area is 169 Å². The molecule has 1 amide bonds. The van der Waals surface area contributed by atoms with Crippen LogP contribution >= 0.6 is 0 Å². The second kappa shape index (κ2) is 6.76. The Kier molecular flexibility index (Phi) is 4.19. The third-order valence-electron chi connectivity index (χ3n) is 6.65. The minimum atomic E-state index is -0.824. The van der Waals surface area contributed by atoms with Gasteiger partial charge in [0.15, 0.2) is 0 Å². The molecule has 0 radical (unpaired) electrons. The van der Waals surface area contributed by atoms with Gasteiger partial charge in [0.1, 0.15) is 6.61 Å². The van der Waals surface area contributed by atoms with Crippen LogP contribution in [0.3, 0.4) is 0 Å². The van der Waals surface area contributed by atoms with E-state index in [1.54, 1.807) is 4.90 Å². The van der Waals surface area contributed by atoms with Gasteiger partial charge in [-0.15, -0.1) is 0 Å². The van der Waals surface area contributed by atoms with Gasteiger partial charge in [-0.25, -0.2) is 9.59 Å². The van der Waals surface area contributed by atoms with Crippen LogP contribution in [0, 0.1) is 5.41 Å². The van der Waals surface area contributed by atoms with E-state index in [-0.39, 0.29) is 17.4 Å². The Morgan fingerprint density at radius 2 is 1.55 bits per heavy atom. The van der Waals surface area contributed by atoms with Gasteiger partial charge < -0.3 is 14.7 Å². The molecule has 1 aliphatic heterocycles. The summed E-state index contributed by atoms with van der Waals surface area (Å²) in [6.45, 7) is 1.55. The van der Waals surface area contributed by atoms with Crippen LogP contribution in [0.2, 0.25) is 0 Å². The summed E-state index contributed by atoms with van der Waals surface area (Å²) >= 11 is 0. The maximum Gasteiger partial charge on any atom is 0.409 e. The Morgan fingerprint density at radius 1 is 1.00 bits per heavy atom. The lowest BCUT2D eigenvalue weighted by Gasteiger charge is -2.44. The summed E-state index contributed by atoms with van der Waals surface area (Å²) < 4.78 is 5.74. The molecular weight excluding hydrogens is 366 g/mol. The van der Waals surface area contributed by atoms with Gasteiger partial charge in [0.05, 0.1) is 0 Å². The quantitative estimate of drug-likeness (QED) is 0.843. The summed E-state index contributed by atoms with van der Waals surface area (Å²) in [5, 5.41) is 9.05. The molecule has 1 saturated heterocycles. The molecule has 2 aliphatic carbocycles. The first kappa shape index (κ1) is 18.0. The second-order valence-corrected chi connectivity index (χ2v) is 8.30. The number of aliphatic carboxylic acids is 1. The molecule has 2 aromatic carbocycles. The highest BCUT2D eigenvalue weighted by molar-refractivity contribution is 5.88. The van der Waals surface area contributed by atoms with E-state index in [1.165, 1.54) is 22.3 Å². The highest BCUT2D eigenvalue weighted by atomic mass is 16.6. The summed E-state index contributed by atoms with van der Waals surface area (Å²) in [6.07, 6.45) is 3.82. The third kappa shape index (κ3) is 3.01. The number of piperidine rings is 1. The number of ether oxygens (including phenoxy) is 1. The van der Waals surface area contributed by atoms with Gasteiger partial charge in [0, 0.05) is 24.6 Å². The zero-order valence-corrected chi connectivity index (χ0v) is 16.1. The van der Waals surface area contributed by atoms with Crippen LogP contribution in [-0.2, 0) is 9.53 Å². The summed E-state index contributed by atoms with van der Waals surface area (Å²) in [5.74, 6) is -0.759. The summed E-state index contributed by atoms with van der Waals surface area (Å²) in [6, 6.07) is 16.6. The van der Waals surface area contributed by atoms with E-state index in [2.05, 4.69) is 24.3 Å². The lowest BCUT2D eigenvalue weighted by Crippen LogP contribution is -2.46. The van der Waals surface area contributed by atoms with Crippen LogP contribution < -0.4 is 0 Å². The Bertz CT molecular complexity index is 972. The van der Waals surface area contributed by atoms with Crippen LogP contribution in [0.25, 0.3) is 11.1 Å². The zero-order chi connectivity index (χ0) is 20.0. The van der Waals surface area contributed by atoms with Crippen LogP contribution in [0.1, 0.15) is 36.3 Å². The molecule has 0 saturated carbocycles. The second-order valence-electron chi connectivity index (χ2n) is 8.30. The molecule has 0 atom stereocenters. The van der Waals surface area contributed by atoms with Crippen molar-refractivity contribution in [2.45, 2.75) is 25.2 Å². The molecule has 3 aliphatic rings. The Balaban J connectivity index is 1.23. The minimum Gasteiger partial charge on any atom is -0.478 e. The highest BCUT2D eigenvalue weighted by Crippen LogP contribution is 2.47. The molecule has 2 aromatic rings. The first-order valence-electron chi connectivity index (χ1n) is 10.1. The van der Waals surface area contributed by atoms with Crippen LogP contribution in [-0.4, -0.2) is 41.8 Å². The van der Waals surface area contributed by atoms with Gasteiger partial charge >= 0.3 is 12.1 Å². The van der Waals surface area contributed by atoms with Gasteiger partial charge in [-0.05, 0) is 46.9 Å². The van der Waals surface area contributed by atoms with Crippen molar-refractivity contribution in [1.82, 2.24) is 4.90 Å². The summed E-state index contributed by atoms with van der Waals surface area (Å²) in [7, 11) is 0. The molecule has 1 spiro atoms. The van der Waals surface area contributed by atoms with E-state index >= 15 is 0 Å². The van der Waals surface area contributed by atoms with Crippen molar-refractivity contribution < 1.29 is 19.4 Å². The number of hydrogen-bond acceptors (Lipinski definition) is 3. The van der Waals surface area contributed by atoms with E-state index in [0.29, 0.717) is 31.7 Å². The molecule has 1 fully saturated rings. The average molecular weight is 389 g/mol. The maximum atomic E-state index is 12.7. The van der Waals surface area contributed by atoms with Crippen LogP contribution in [0.15, 0.2) is 60.2 Å². The number of amides is 1. The molecule has 5 nitrogen and oxygen atoms in total. The number of likely N-dealkylation sites (tertiary alicyclic amines) is 1. The number of carboxylic acid groups (broad SMARTS) is 1. The topological polar surface area (TPSA) is 66.8 Å². The lowest BCUT2D eigenvalue weighted by molar-refractivity contribution is -0.133. The highest BCUT2D eigenvalue weighted by Gasteiger charge is 2.42. The van der Waals surface area contributed by atoms with E-state index in [1.807, 2.05) is 30.3 Å². The molecule has 148 valence electrons. The van der Waals surface area contributed by atoms with Crippen molar-refractivity contribution >= 4 is 12.1 Å². The lowest BCUT2D eigenvalue weighted by atomic mass is 9.65. The number of benzene rings is 2. The fourth-order valence-electron chi connectivity index (χ4n) is 5.00. The zero-order valence-electron chi connectivity index (χ0n) is 16.1. The summed E-state index contributed by atoms with van der Waals surface area (Å²) in [5.41, 5.74) is 5.32.